The Morgan fingerprint density at radius 1 is 0.857 bits per heavy atom. The molecule has 0 saturated carbocycles. The molecule has 114 valence electrons. The van der Waals surface area contributed by atoms with Crippen molar-refractivity contribution < 1.29 is 19.2 Å². The summed E-state index contributed by atoms with van der Waals surface area (Å²) in [7, 11) is 1.86. The van der Waals surface area contributed by atoms with Crippen LogP contribution in [0.25, 0.3) is 0 Å². The molecular formula is C17H21Cl2SiTi-3. The second-order valence-corrected chi connectivity index (χ2v) is 3.49. The summed E-state index contributed by atoms with van der Waals surface area (Å²) in [6.45, 7) is 3.72. The SMILES string of the molecule is Cl.Cl.[C-]1=CC=CC1.[C-]1=CC=CC1.[CH2-]c1ccccc1.[SiH2]=[Ti]. The molecule has 2 aliphatic carbocycles. The average molecular weight is 372 g/mol. The fourth-order valence-corrected chi connectivity index (χ4v) is 1.16. The van der Waals surface area contributed by atoms with E-state index in [1.807, 2.05) is 81.4 Å². The van der Waals surface area contributed by atoms with Crippen LogP contribution in [-0.4, -0.2) is 7.63 Å². The minimum absolute atomic E-state index is 0. The summed E-state index contributed by atoms with van der Waals surface area (Å²) in [6.07, 6.45) is 20.0. The number of benzene rings is 1. The van der Waals surface area contributed by atoms with Crippen LogP contribution in [0.15, 0.2) is 66.8 Å². The van der Waals surface area contributed by atoms with Crippen molar-refractivity contribution in [1.82, 2.24) is 0 Å². The van der Waals surface area contributed by atoms with Gasteiger partial charge in [-0.25, -0.2) is 24.3 Å². The van der Waals surface area contributed by atoms with Crippen LogP contribution in [0.1, 0.15) is 18.4 Å². The molecule has 0 saturated heterocycles. The minimum atomic E-state index is 0. The predicted molar refractivity (Wildman–Crippen MR) is 97.1 cm³/mol. The molecule has 2 aliphatic rings. The van der Waals surface area contributed by atoms with Gasteiger partial charge in [0.15, 0.2) is 0 Å². The van der Waals surface area contributed by atoms with E-state index in [0.29, 0.717) is 0 Å². The van der Waals surface area contributed by atoms with Gasteiger partial charge in [-0.05, 0) is 0 Å². The zero-order chi connectivity index (χ0) is 14.2. The fraction of sp³-hybridized carbons (Fsp3) is 0.118. The molecule has 21 heavy (non-hydrogen) atoms. The van der Waals surface area contributed by atoms with E-state index < -0.39 is 0 Å². The van der Waals surface area contributed by atoms with E-state index in [1.54, 1.807) is 0 Å². The van der Waals surface area contributed by atoms with E-state index >= 15 is 0 Å². The normalized spacial score (nSPS) is 11.4. The van der Waals surface area contributed by atoms with Crippen LogP contribution < -0.4 is 0 Å². The molecule has 0 unspecified atom stereocenters. The molecule has 0 radical (unpaired) electrons. The Hall–Kier alpha value is -0.439. The van der Waals surface area contributed by atoms with Gasteiger partial charge in [0.2, 0.25) is 0 Å². The molecule has 0 atom stereocenters. The van der Waals surface area contributed by atoms with Gasteiger partial charge in [0.1, 0.15) is 0 Å². The Morgan fingerprint density at radius 2 is 1.29 bits per heavy atom. The van der Waals surface area contributed by atoms with Gasteiger partial charge < -0.3 is 0 Å². The molecule has 4 heteroatoms. The first kappa shape index (κ1) is 25.5. The third-order valence-corrected chi connectivity index (χ3v) is 2.01. The summed E-state index contributed by atoms with van der Waals surface area (Å²) in [5.74, 6) is 0. The van der Waals surface area contributed by atoms with Crippen molar-refractivity contribution in [1.29, 1.82) is 0 Å². The molecule has 0 spiro atoms. The standard InChI is InChI=1S/C7H7.2C5H5.2ClH.H2Si.Ti/c1-7-5-3-2-4-6-7;2*1-2-4-5-3-1;;;;/h2-6H,1H2;2*1-3H,4H2;2*1H;1H2;/q3*-1;;;;. The van der Waals surface area contributed by atoms with Crippen molar-refractivity contribution >= 4 is 32.4 Å². The van der Waals surface area contributed by atoms with Crippen LogP contribution in [0.4, 0.5) is 0 Å². The number of hydrogen-bond acceptors (Lipinski definition) is 0. The van der Waals surface area contributed by atoms with Gasteiger partial charge in [0.05, 0.1) is 0 Å². The van der Waals surface area contributed by atoms with Gasteiger partial charge >= 0.3 is 26.8 Å². The second-order valence-electron chi connectivity index (χ2n) is 3.49. The van der Waals surface area contributed by atoms with E-state index in [9.17, 15) is 0 Å². The third kappa shape index (κ3) is 19.6. The molecule has 0 nitrogen and oxygen atoms in total. The van der Waals surface area contributed by atoms with Gasteiger partial charge in [0.25, 0.3) is 0 Å². The van der Waals surface area contributed by atoms with E-state index in [0.717, 1.165) is 18.4 Å². The van der Waals surface area contributed by atoms with E-state index in [-0.39, 0.29) is 24.8 Å². The van der Waals surface area contributed by atoms with Gasteiger partial charge in [-0.2, -0.15) is 36.8 Å². The molecule has 0 bridgehead atoms. The van der Waals surface area contributed by atoms with Crippen molar-refractivity contribution in [2.24, 2.45) is 0 Å². The first-order valence-corrected chi connectivity index (χ1v) is 10.1. The zero-order valence-corrected chi connectivity index (χ0v) is 16.6. The van der Waals surface area contributed by atoms with Crippen molar-refractivity contribution in [2.75, 3.05) is 0 Å². The number of rotatable bonds is 0. The Bertz CT molecular complexity index is 384. The number of allylic oxidation sites excluding steroid dienone is 8. The van der Waals surface area contributed by atoms with Crippen molar-refractivity contribution in [2.45, 2.75) is 12.8 Å². The first-order valence-electron chi connectivity index (χ1n) is 6.05. The predicted octanol–water partition coefficient (Wildman–Crippen LogP) is 4.41. The summed E-state index contributed by atoms with van der Waals surface area (Å²) < 4.78 is 0. The van der Waals surface area contributed by atoms with Crippen LogP contribution in [0.2, 0.25) is 0 Å². The van der Waals surface area contributed by atoms with Gasteiger partial charge in [-0.3, -0.25) is 12.2 Å². The van der Waals surface area contributed by atoms with Crippen molar-refractivity contribution in [3.63, 3.8) is 0 Å². The molecule has 0 fully saturated rings. The van der Waals surface area contributed by atoms with Crippen LogP contribution in [-0.2, 0) is 19.2 Å². The monoisotopic (exact) mass is 371 g/mol. The van der Waals surface area contributed by atoms with E-state index in [2.05, 4.69) is 31.2 Å². The average Bonchev–Trinajstić information content (AvgIpc) is 3.20. The second kappa shape index (κ2) is 21.9. The quantitative estimate of drug-likeness (QED) is 0.468. The Kier molecular flexibility index (Phi) is 26.5. The number of hydrogen-bond donors (Lipinski definition) is 0. The van der Waals surface area contributed by atoms with Gasteiger partial charge in [-0.1, -0.05) is 6.07 Å². The summed E-state index contributed by atoms with van der Waals surface area (Å²) in [5.41, 5.74) is 1.07. The maximum absolute atomic E-state index is 3.72. The van der Waals surface area contributed by atoms with Gasteiger partial charge in [-0.15, -0.1) is 49.8 Å². The van der Waals surface area contributed by atoms with E-state index in [4.69, 9.17) is 0 Å². The molecule has 0 amide bonds. The van der Waals surface area contributed by atoms with Crippen LogP contribution in [0.5, 0.6) is 0 Å². The molecule has 0 N–H and O–H groups in total. The van der Waals surface area contributed by atoms with Crippen LogP contribution >= 0.6 is 24.8 Å². The van der Waals surface area contributed by atoms with Gasteiger partial charge in [0, 0.05) is 0 Å². The molecule has 0 aliphatic heterocycles. The Morgan fingerprint density at radius 3 is 1.43 bits per heavy atom. The number of halogens is 2. The molecular weight excluding hydrogens is 351 g/mol. The Labute approximate surface area is 155 Å². The third-order valence-electron chi connectivity index (χ3n) is 2.01. The maximum atomic E-state index is 3.72. The fourth-order valence-electron chi connectivity index (χ4n) is 1.16. The molecule has 1 aromatic carbocycles. The Balaban J connectivity index is -0.000000212. The summed E-state index contributed by atoms with van der Waals surface area (Å²) in [6, 6.07) is 9.87. The van der Waals surface area contributed by atoms with E-state index in [1.165, 1.54) is 0 Å². The van der Waals surface area contributed by atoms with Crippen molar-refractivity contribution in [3.8, 4) is 0 Å². The molecule has 3 rings (SSSR count). The van der Waals surface area contributed by atoms with Crippen molar-refractivity contribution in [3.05, 3.63) is 91.4 Å². The van der Waals surface area contributed by atoms with Crippen LogP contribution in [0.3, 0.4) is 0 Å². The zero-order valence-electron chi connectivity index (χ0n) is 12.0. The molecule has 1 aromatic rings. The summed E-state index contributed by atoms with van der Waals surface area (Å²) >= 11 is 2.03. The topological polar surface area (TPSA) is 0 Å². The molecule has 0 heterocycles. The summed E-state index contributed by atoms with van der Waals surface area (Å²) in [4.78, 5) is 0. The van der Waals surface area contributed by atoms with Crippen LogP contribution in [0, 0.1) is 19.1 Å². The molecule has 0 aromatic heterocycles. The first-order chi connectivity index (χ1) is 9.39. The summed E-state index contributed by atoms with van der Waals surface area (Å²) in [5, 5.41) is 0.